The van der Waals surface area contributed by atoms with Gasteiger partial charge in [0.25, 0.3) is 0 Å². The molecule has 2 atom stereocenters. The van der Waals surface area contributed by atoms with Gasteiger partial charge in [0, 0.05) is 66.4 Å². The van der Waals surface area contributed by atoms with Crippen molar-refractivity contribution in [3.63, 3.8) is 0 Å². The molecule has 6 aromatic rings. The lowest BCUT2D eigenvalue weighted by atomic mass is 9.64. The molecule has 4 heteroatoms. The van der Waals surface area contributed by atoms with Crippen LogP contribution in [0.15, 0.2) is 127 Å². The third-order valence-electron chi connectivity index (χ3n) is 7.54. The molecule has 1 aliphatic rings. The summed E-state index contributed by atoms with van der Waals surface area (Å²) in [7, 11) is 0. The molecule has 0 N–H and O–H groups in total. The number of hydrogen-bond acceptors (Lipinski definition) is 2. The van der Waals surface area contributed by atoms with E-state index < -0.39 is 0 Å². The quantitative estimate of drug-likeness (QED) is 0.266. The number of benzene rings is 2. The zero-order valence-electron chi connectivity index (χ0n) is 19.9. The van der Waals surface area contributed by atoms with Gasteiger partial charge in [0.2, 0.25) is 0 Å². The fourth-order valence-corrected chi connectivity index (χ4v) is 5.89. The van der Waals surface area contributed by atoms with Crippen molar-refractivity contribution >= 4 is 27.4 Å². The minimum atomic E-state index is 0.227. The van der Waals surface area contributed by atoms with E-state index in [9.17, 15) is 0 Å². The number of rotatable bonds is 6. The maximum Gasteiger partial charge on any atom is 0.0665 e. The van der Waals surface area contributed by atoms with Gasteiger partial charge in [0.05, 0.1) is 5.69 Å². The zero-order valence-corrected chi connectivity index (χ0v) is 19.9. The number of pyridine rings is 2. The van der Waals surface area contributed by atoms with E-state index in [-0.39, 0.29) is 11.8 Å². The number of hydrogen-bond donors (Lipinski definition) is 0. The molecule has 36 heavy (non-hydrogen) atoms. The van der Waals surface area contributed by atoms with Crippen LogP contribution >= 0.6 is 0 Å². The Hall–Kier alpha value is -4.44. The summed E-state index contributed by atoms with van der Waals surface area (Å²) in [6.07, 6.45) is 8.24. The van der Waals surface area contributed by atoms with Crippen molar-refractivity contribution in [2.24, 2.45) is 5.92 Å². The summed E-state index contributed by atoms with van der Waals surface area (Å²) in [4.78, 5) is 9.66. The first-order valence-corrected chi connectivity index (χ1v) is 12.5. The first kappa shape index (κ1) is 20.9. The van der Waals surface area contributed by atoms with Crippen LogP contribution in [0.1, 0.15) is 17.3 Å². The highest BCUT2D eigenvalue weighted by Crippen LogP contribution is 2.53. The highest BCUT2D eigenvalue weighted by atomic mass is 15.0. The average molecular weight is 467 g/mol. The van der Waals surface area contributed by atoms with Crippen molar-refractivity contribution in [3.05, 3.63) is 139 Å². The SMILES string of the molecule is c1ccc(C2=C(Cn3ccc4ccccc43)[C@H](c3ccccn3)[C@H]2Cn2ccc3ccccc32)nc1. The average Bonchev–Trinajstić information content (AvgIpc) is 3.53. The van der Waals surface area contributed by atoms with Crippen LogP contribution in [0.25, 0.3) is 27.4 Å². The fraction of sp³-hybridized carbons (Fsp3) is 0.125. The van der Waals surface area contributed by atoms with E-state index in [1.807, 2.05) is 24.5 Å². The van der Waals surface area contributed by atoms with Crippen LogP contribution in [0.4, 0.5) is 0 Å². The van der Waals surface area contributed by atoms with Gasteiger partial charge in [0.1, 0.15) is 0 Å². The molecule has 4 aromatic heterocycles. The van der Waals surface area contributed by atoms with Gasteiger partial charge < -0.3 is 9.13 Å². The Bertz CT molecular complexity index is 1690. The van der Waals surface area contributed by atoms with Crippen LogP contribution < -0.4 is 0 Å². The van der Waals surface area contributed by atoms with E-state index in [0.717, 1.165) is 24.5 Å². The second-order valence-corrected chi connectivity index (χ2v) is 9.52. The lowest BCUT2D eigenvalue weighted by molar-refractivity contribution is 0.429. The van der Waals surface area contributed by atoms with E-state index in [2.05, 4.69) is 106 Å². The Balaban J connectivity index is 1.38. The second-order valence-electron chi connectivity index (χ2n) is 9.52. The van der Waals surface area contributed by atoms with E-state index in [1.165, 1.54) is 33.0 Å². The van der Waals surface area contributed by atoms with Gasteiger partial charge in [-0.3, -0.25) is 9.97 Å². The Morgan fingerprint density at radius 3 is 1.94 bits per heavy atom. The summed E-state index contributed by atoms with van der Waals surface area (Å²) >= 11 is 0. The van der Waals surface area contributed by atoms with Crippen LogP contribution in [-0.4, -0.2) is 19.1 Å². The Morgan fingerprint density at radius 2 is 1.25 bits per heavy atom. The maximum absolute atomic E-state index is 4.84. The Kier molecular flexibility index (Phi) is 5.02. The number of nitrogens with zero attached hydrogens (tertiary/aromatic N) is 4. The van der Waals surface area contributed by atoms with Crippen molar-refractivity contribution < 1.29 is 0 Å². The van der Waals surface area contributed by atoms with Crippen LogP contribution in [0, 0.1) is 5.92 Å². The topological polar surface area (TPSA) is 35.6 Å². The molecule has 0 aliphatic heterocycles. The monoisotopic (exact) mass is 466 g/mol. The summed E-state index contributed by atoms with van der Waals surface area (Å²) < 4.78 is 4.76. The minimum absolute atomic E-state index is 0.227. The van der Waals surface area contributed by atoms with Gasteiger partial charge >= 0.3 is 0 Å². The van der Waals surface area contributed by atoms with Crippen molar-refractivity contribution in [3.8, 4) is 0 Å². The first-order chi connectivity index (χ1) is 17.9. The van der Waals surface area contributed by atoms with Gasteiger partial charge in [0.15, 0.2) is 0 Å². The highest BCUT2D eigenvalue weighted by Gasteiger charge is 2.43. The lowest BCUT2D eigenvalue weighted by Gasteiger charge is -2.42. The summed E-state index contributed by atoms with van der Waals surface area (Å²) in [6.45, 7) is 1.71. The zero-order chi connectivity index (χ0) is 23.9. The molecule has 174 valence electrons. The van der Waals surface area contributed by atoms with Gasteiger partial charge in [-0.2, -0.15) is 0 Å². The smallest absolute Gasteiger partial charge is 0.0665 e. The molecule has 0 amide bonds. The lowest BCUT2D eigenvalue weighted by Crippen LogP contribution is -2.34. The van der Waals surface area contributed by atoms with E-state index in [1.54, 1.807) is 0 Å². The van der Waals surface area contributed by atoms with Crippen molar-refractivity contribution in [1.82, 2.24) is 19.1 Å². The molecule has 2 aromatic carbocycles. The molecule has 4 heterocycles. The maximum atomic E-state index is 4.84. The number of para-hydroxylation sites is 2. The van der Waals surface area contributed by atoms with Crippen molar-refractivity contribution in [2.75, 3.05) is 0 Å². The molecule has 0 saturated heterocycles. The van der Waals surface area contributed by atoms with Gasteiger partial charge in [-0.1, -0.05) is 48.5 Å². The summed E-state index contributed by atoms with van der Waals surface area (Å²) in [6, 6.07) is 34.1. The molecule has 0 radical (unpaired) electrons. The standard InChI is InChI=1S/C32H26N4/c1-3-13-29-23(9-1)15-19-35(29)21-25-31(27-11-5-7-17-33-27)26(32(25)28-12-6-8-18-34-28)22-36-20-16-24-10-2-4-14-30(24)36/h1-20,25,31H,21-22H2/t25-,31-/m1/s1. The van der Waals surface area contributed by atoms with Crippen LogP contribution in [0.3, 0.4) is 0 Å². The van der Waals surface area contributed by atoms with Gasteiger partial charge in [-0.15, -0.1) is 0 Å². The Labute approximate surface area is 210 Å². The summed E-state index contributed by atoms with van der Waals surface area (Å²) in [5.41, 5.74) is 7.47. The number of allylic oxidation sites excluding steroid dienone is 2. The van der Waals surface area contributed by atoms with E-state index >= 15 is 0 Å². The summed E-state index contributed by atoms with van der Waals surface area (Å²) in [5, 5.41) is 2.54. The van der Waals surface area contributed by atoms with Crippen LogP contribution in [0.2, 0.25) is 0 Å². The van der Waals surface area contributed by atoms with E-state index in [4.69, 9.17) is 9.97 Å². The molecule has 0 unspecified atom stereocenters. The third kappa shape index (κ3) is 3.45. The summed E-state index contributed by atoms with van der Waals surface area (Å²) in [5.74, 6) is 0.507. The molecule has 1 aliphatic carbocycles. The van der Waals surface area contributed by atoms with Crippen LogP contribution in [-0.2, 0) is 13.1 Å². The molecule has 0 saturated carbocycles. The molecular weight excluding hydrogens is 440 g/mol. The van der Waals surface area contributed by atoms with Crippen LogP contribution in [0.5, 0.6) is 0 Å². The third-order valence-corrected chi connectivity index (χ3v) is 7.54. The first-order valence-electron chi connectivity index (χ1n) is 12.5. The molecule has 0 fully saturated rings. The predicted molar refractivity (Wildman–Crippen MR) is 146 cm³/mol. The molecule has 0 spiro atoms. The second kappa shape index (κ2) is 8.65. The molecular formula is C32H26N4. The molecule has 4 nitrogen and oxygen atoms in total. The predicted octanol–water partition coefficient (Wildman–Crippen LogP) is 6.95. The van der Waals surface area contributed by atoms with Crippen molar-refractivity contribution in [2.45, 2.75) is 19.0 Å². The number of aromatic nitrogens is 4. The normalized spacial score (nSPS) is 17.6. The number of fused-ring (bicyclic) bond motifs is 2. The van der Waals surface area contributed by atoms with E-state index in [0.29, 0.717) is 0 Å². The Morgan fingerprint density at radius 1 is 0.611 bits per heavy atom. The van der Waals surface area contributed by atoms with Crippen molar-refractivity contribution in [1.29, 1.82) is 0 Å². The molecule has 0 bridgehead atoms. The van der Waals surface area contributed by atoms with Gasteiger partial charge in [-0.25, -0.2) is 0 Å². The highest BCUT2D eigenvalue weighted by molar-refractivity contribution is 5.83. The molecule has 7 rings (SSSR count). The van der Waals surface area contributed by atoms with Gasteiger partial charge in [-0.05, 0) is 70.4 Å². The minimum Gasteiger partial charge on any atom is -0.347 e. The largest absolute Gasteiger partial charge is 0.347 e. The fourth-order valence-electron chi connectivity index (χ4n) is 5.89.